The van der Waals surface area contributed by atoms with Crippen molar-refractivity contribution in [1.82, 2.24) is 4.57 Å². The summed E-state index contributed by atoms with van der Waals surface area (Å²) in [7, 11) is 0. The molecule has 0 aliphatic heterocycles. The predicted molar refractivity (Wildman–Crippen MR) is 109 cm³/mol. The molecule has 0 saturated carbocycles. The van der Waals surface area contributed by atoms with Crippen LogP contribution >= 0.6 is 22.6 Å². The minimum absolute atomic E-state index is 0.101. The summed E-state index contributed by atoms with van der Waals surface area (Å²) in [5, 5.41) is 1.05. The van der Waals surface area contributed by atoms with E-state index in [9.17, 15) is 4.79 Å². The van der Waals surface area contributed by atoms with E-state index in [0.717, 1.165) is 32.0 Å². The molecule has 0 aliphatic carbocycles. The van der Waals surface area contributed by atoms with E-state index in [4.69, 9.17) is 0 Å². The number of aromatic nitrogens is 1. The quantitative estimate of drug-likeness (QED) is 0.335. The van der Waals surface area contributed by atoms with Crippen LogP contribution in [0.2, 0.25) is 0 Å². The second-order valence-electron chi connectivity index (χ2n) is 6.29. The molecule has 124 valence electrons. The first-order valence-corrected chi connectivity index (χ1v) is 9.59. The van der Waals surface area contributed by atoms with Crippen molar-refractivity contribution in [2.75, 3.05) is 0 Å². The van der Waals surface area contributed by atoms with Gasteiger partial charge in [0.15, 0.2) is 5.78 Å². The van der Waals surface area contributed by atoms with Gasteiger partial charge < -0.3 is 4.57 Å². The summed E-state index contributed by atoms with van der Waals surface area (Å²) in [5.74, 6) is 0.101. The van der Waals surface area contributed by atoms with Crippen molar-refractivity contribution in [2.45, 2.75) is 39.2 Å². The fourth-order valence-corrected chi connectivity index (χ4v) is 3.51. The van der Waals surface area contributed by atoms with Crippen LogP contribution in [0.25, 0.3) is 10.9 Å². The number of unbranched alkanes of at least 4 members (excludes halogenated alkanes) is 1. The Kier molecular flexibility index (Phi) is 5.39. The molecule has 0 saturated heterocycles. The van der Waals surface area contributed by atoms with Crippen molar-refractivity contribution in [1.29, 1.82) is 0 Å². The summed E-state index contributed by atoms with van der Waals surface area (Å²) in [6.45, 7) is 4.45. The van der Waals surface area contributed by atoms with Gasteiger partial charge in [-0.3, -0.25) is 4.79 Å². The highest BCUT2D eigenvalue weighted by Gasteiger charge is 2.18. The Labute approximate surface area is 157 Å². The van der Waals surface area contributed by atoms with Crippen LogP contribution in [0.15, 0.2) is 54.7 Å². The topological polar surface area (TPSA) is 22.0 Å². The van der Waals surface area contributed by atoms with E-state index in [1.54, 1.807) is 0 Å². The van der Waals surface area contributed by atoms with E-state index >= 15 is 0 Å². The number of para-hydroxylation sites is 1. The monoisotopic (exact) mass is 431 g/mol. The first kappa shape index (κ1) is 17.2. The van der Waals surface area contributed by atoms with Crippen LogP contribution in [-0.2, 0) is 0 Å². The first-order chi connectivity index (χ1) is 11.6. The molecule has 0 aliphatic rings. The van der Waals surface area contributed by atoms with Gasteiger partial charge in [-0.25, -0.2) is 0 Å². The van der Waals surface area contributed by atoms with E-state index in [2.05, 4.69) is 53.1 Å². The molecule has 3 aromatic rings. The van der Waals surface area contributed by atoms with E-state index < -0.39 is 0 Å². The van der Waals surface area contributed by atoms with Crippen LogP contribution in [0, 0.1) is 3.57 Å². The molecule has 3 rings (SSSR count). The fourth-order valence-electron chi connectivity index (χ4n) is 3.15. The van der Waals surface area contributed by atoms with Crippen molar-refractivity contribution in [3.63, 3.8) is 0 Å². The third-order valence-corrected chi connectivity index (χ3v) is 5.26. The average molecular weight is 431 g/mol. The number of carbonyl (C=O) groups is 1. The van der Waals surface area contributed by atoms with Crippen molar-refractivity contribution in [2.24, 2.45) is 0 Å². The summed E-state index contributed by atoms with van der Waals surface area (Å²) >= 11 is 2.26. The van der Waals surface area contributed by atoms with Gasteiger partial charge in [-0.2, -0.15) is 0 Å². The van der Waals surface area contributed by atoms with Gasteiger partial charge in [0, 0.05) is 37.8 Å². The van der Waals surface area contributed by atoms with E-state index in [-0.39, 0.29) is 5.78 Å². The predicted octanol–water partition coefficient (Wildman–Crippen LogP) is 6.23. The van der Waals surface area contributed by atoms with Gasteiger partial charge in [-0.15, -0.1) is 0 Å². The van der Waals surface area contributed by atoms with Crippen LogP contribution in [0.4, 0.5) is 0 Å². The second kappa shape index (κ2) is 7.51. The Bertz CT molecular complexity index is 848. The van der Waals surface area contributed by atoms with Gasteiger partial charge in [0.05, 0.1) is 0 Å². The number of nitrogens with zero attached hydrogens (tertiary/aromatic N) is 1. The number of benzene rings is 2. The zero-order valence-corrected chi connectivity index (χ0v) is 16.3. The zero-order chi connectivity index (χ0) is 17.1. The molecule has 2 nitrogen and oxygen atoms in total. The lowest BCUT2D eigenvalue weighted by Gasteiger charge is -2.14. The van der Waals surface area contributed by atoms with Crippen molar-refractivity contribution < 1.29 is 4.79 Å². The molecule has 0 spiro atoms. The molecular weight excluding hydrogens is 409 g/mol. The normalized spacial score (nSPS) is 12.5. The largest absolute Gasteiger partial charge is 0.344 e. The standard InChI is InChI=1S/C21H22INO/c1-3-4-7-15(2)23-14-19(18-8-5-6-9-20(18)23)21(24)16-10-12-17(22)13-11-16/h5-6,8-15H,3-4,7H2,1-2H3. The zero-order valence-electron chi connectivity index (χ0n) is 14.1. The maximum absolute atomic E-state index is 13.0. The number of carbonyl (C=O) groups excluding carboxylic acids is 1. The number of hydrogen-bond donors (Lipinski definition) is 0. The molecule has 1 atom stereocenters. The number of halogens is 1. The summed E-state index contributed by atoms with van der Waals surface area (Å²) in [6, 6.07) is 16.4. The molecule has 2 aromatic carbocycles. The molecule has 0 radical (unpaired) electrons. The Balaban J connectivity index is 2.05. The average Bonchev–Trinajstić information content (AvgIpc) is 2.99. The summed E-state index contributed by atoms with van der Waals surface area (Å²) in [6.07, 6.45) is 5.57. The number of rotatable bonds is 6. The minimum Gasteiger partial charge on any atom is -0.344 e. The molecule has 3 heteroatoms. The van der Waals surface area contributed by atoms with E-state index in [1.807, 2.05) is 42.6 Å². The molecule has 1 unspecified atom stereocenters. The van der Waals surface area contributed by atoms with E-state index in [1.165, 1.54) is 12.8 Å². The molecule has 0 amide bonds. The molecule has 1 aromatic heterocycles. The Morgan fingerprint density at radius 2 is 1.83 bits per heavy atom. The van der Waals surface area contributed by atoms with Crippen molar-refractivity contribution in [3.8, 4) is 0 Å². The Hall–Kier alpha value is -1.62. The first-order valence-electron chi connectivity index (χ1n) is 8.51. The Morgan fingerprint density at radius 3 is 2.54 bits per heavy atom. The second-order valence-corrected chi connectivity index (χ2v) is 7.54. The fraction of sp³-hybridized carbons (Fsp3) is 0.286. The lowest BCUT2D eigenvalue weighted by molar-refractivity contribution is 0.104. The number of fused-ring (bicyclic) bond motifs is 1. The summed E-state index contributed by atoms with van der Waals surface area (Å²) in [4.78, 5) is 13.0. The highest BCUT2D eigenvalue weighted by atomic mass is 127. The highest BCUT2D eigenvalue weighted by Crippen LogP contribution is 2.28. The van der Waals surface area contributed by atoms with Crippen LogP contribution in [0.5, 0.6) is 0 Å². The van der Waals surface area contributed by atoms with Crippen molar-refractivity contribution in [3.05, 3.63) is 69.4 Å². The van der Waals surface area contributed by atoms with Crippen molar-refractivity contribution >= 4 is 39.3 Å². The van der Waals surface area contributed by atoms with Gasteiger partial charge in [-0.1, -0.05) is 38.0 Å². The lowest BCUT2D eigenvalue weighted by atomic mass is 10.0. The molecule has 24 heavy (non-hydrogen) atoms. The van der Waals surface area contributed by atoms with Gasteiger partial charge in [0.25, 0.3) is 0 Å². The van der Waals surface area contributed by atoms with Crippen LogP contribution in [-0.4, -0.2) is 10.4 Å². The maximum Gasteiger partial charge on any atom is 0.195 e. The third-order valence-electron chi connectivity index (χ3n) is 4.54. The van der Waals surface area contributed by atoms with Gasteiger partial charge in [-0.05, 0) is 66.3 Å². The smallest absolute Gasteiger partial charge is 0.195 e. The summed E-state index contributed by atoms with van der Waals surface area (Å²) in [5.41, 5.74) is 2.70. The van der Waals surface area contributed by atoms with Crippen LogP contribution < -0.4 is 0 Å². The third kappa shape index (κ3) is 3.41. The molecule has 0 fully saturated rings. The summed E-state index contributed by atoms with van der Waals surface area (Å²) < 4.78 is 3.41. The van der Waals surface area contributed by atoms with Crippen LogP contribution in [0.1, 0.15) is 55.1 Å². The van der Waals surface area contributed by atoms with Gasteiger partial charge in [0.2, 0.25) is 0 Å². The van der Waals surface area contributed by atoms with Crippen LogP contribution in [0.3, 0.4) is 0 Å². The number of hydrogen-bond acceptors (Lipinski definition) is 1. The highest BCUT2D eigenvalue weighted by molar-refractivity contribution is 14.1. The Morgan fingerprint density at radius 1 is 1.12 bits per heavy atom. The molecule has 0 N–H and O–H groups in total. The maximum atomic E-state index is 13.0. The molecule has 0 bridgehead atoms. The van der Waals surface area contributed by atoms with Gasteiger partial charge in [0.1, 0.15) is 0 Å². The molecule has 1 heterocycles. The number of ketones is 1. The molecular formula is C21H22INO. The lowest BCUT2D eigenvalue weighted by Crippen LogP contribution is -2.04. The SMILES string of the molecule is CCCCC(C)n1cc(C(=O)c2ccc(I)cc2)c2ccccc21. The minimum atomic E-state index is 0.101. The van der Waals surface area contributed by atoms with Gasteiger partial charge >= 0.3 is 0 Å². The van der Waals surface area contributed by atoms with E-state index in [0.29, 0.717) is 6.04 Å².